The summed E-state index contributed by atoms with van der Waals surface area (Å²) < 4.78 is 10.8. The van der Waals surface area contributed by atoms with Gasteiger partial charge in [-0.3, -0.25) is 0 Å². The van der Waals surface area contributed by atoms with Gasteiger partial charge >= 0.3 is 0 Å². The number of hydrogen-bond donors (Lipinski definition) is 2. The fourth-order valence-electron chi connectivity index (χ4n) is 2.03. The topological polar surface area (TPSA) is 50.7 Å². The smallest absolute Gasteiger partial charge is 0.119 e. The molecule has 0 radical (unpaired) electrons. The lowest BCUT2D eigenvalue weighted by molar-refractivity contribution is 0.108. The maximum absolute atomic E-state index is 10.2. The highest BCUT2D eigenvalue weighted by atomic mass is 16.5. The number of nitrogens with one attached hydrogen (secondary N) is 1. The van der Waals surface area contributed by atoms with Crippen LogP contribution in [0, 0.1) is 0 Å². The van der Waals surface area contributed by atoms with Crippen molar-refractivity contribution in [3.63, 3.8) is 0 Å². The van der Waals surface area contributed by atoms with Crippen LogP contribution >= 0.6 is 0 Å². The summed E-state index contributed by atoms with van der Waals surface area (Å²) in [5.74, 6) is 1.47. The van der Waals surface area contributed by atoms with Gasteiger partial charge < -0.3 is 19.9 Å². The molecule has 0 aliphatic carbocycles. The normalized spacial score (nSPS) is 12.0. The van der Waals surface area contributed by atoms with Gasteiger partial charge in [-0.1, -0.05) is 24.3 Å². The van der Waals surface area contributed by atoms with E-state index in [9.17, 15) is 5.11 Å². The Kier molecular flexibility index (Phi) is 5.60. The van der Waals surface area contributed by atoms with Crippen molar-refractivity contribution in [2.75, 3.05) is 20.8 Å². The molecule has 4 heteroatoms. The van der Waals surface area contributed by atoms with Gasteiger partial charge in [0.2, 0.25) is 0 Å². The van der Waals surface area contributed by atoms with Crippen molar-refractivity contribution in [1.29, 1.82) is 0 Å². The molecule has 2 N–H and O–H groups in total. The van der Waals surface area contributed by atoms with Gasteiger partial charge in [-0.15, -0.1) is 0 Å². The zero-order chi connectivity index (χ0) is 15.1. The third-order valence-electron chi connectivity index (χ3n) is 3.19. The zero-order valence-corrected chi connectivity index (χ0v) is 12.4. The molecule has 1 unspecified atom stereocenters. The Labute approximate surface area is 125 Å². The quantitative estimate of drug-likeness (QED) is 0.821. The minimum atomic E-state index is -0.683. The second-order valence-corrected chi connectivity index (χ2v) is 4.78. The highest BCUT2D eigenvalue weighted by Gasteiger charge is 2.09. The Hall–Kier alpha value is -2.04. The number of benzene rings is 2. The maximum Gasteiger partial charge on any atom is 0.119 e. The van der Waals surface area contributed by atoms with E-state index in [1.54, 1.807) is 7.11 Å². The standard InChI is InChI=1S/C17H21NO3/c1-18-11-13-6-8-15(9-7-13)21-12-17(19)14-4-3-5-16(10-14)20-2/h3-10,17-19H,11-12H2,1-2H3. The Bertz CT molecular complexity index is 554. The Morgan fingerprint density at radius 1 is 1.10 bits per heavy atom. The first-order valence-corrected chi connectivity index (χ1v) is 6.91. The van der Waals surface area contributed by atoms with Crippen LogP contribution in [-0.2, 0) is 6.54 Å². The lowest BCUT2D eigenvalue weighted by atomic mass is 10.1. The summed E-state index contributed by atoms with van der Waals surface area (Å²) in [5.41, 5.74) is 1.97. The van der Waals surface area contributed by atoms with E-state index < -0.39 is 6.10 Å². The molecule has 0 fully saturated rings. The van der Waals surface area contributed by atoms with Crippen molar-refractivity contribution in [3.8, 4) is 11.5 Å². The van der Waals surface area contributed by atoms with Crippen molar-refractivity contribution in [3.05, 3.63) is 59.7 Å². The van der Waals surface area contributed by atoms with Crippen LogP contribution in [-0.4, -0.2) is 25.9 Å². The van der Waals surface area contributed by atoms with Gasteiger partial charge in [-0.25, -0.2) is 0 Å². The van der Waals surface area contributed by atoms with Gasteiger partial charge in [-0.2, -0.15) is 0 Å². The number of rotatable bonds is 7. The van der Waals surface area contributed by atoms with Crippen LogP contribution in [0.5, 0.6) is 11.5 Å². The molecular weight excluding hydrogens is 266 g/mol. The van der Waals surface area contributed by atoms with E-state index in [2.05, 4.69) is 5.32 Å². The third kappa shape index (κ3) is 4.48. The van der Waals surface area contributed by atoms with E-state index in [4.69, 9.17) is 9.47 Å². The number of aliphatic hydroxyl groups is 1. The fraction of sp³-hybridized carbons (Fsp3) is 0.294. The van der Waals surface area contributed by atoms with Crippen LogP contribution in [0.25, 0.3) is 0 Å². The molecule has 0 saturated heterocycles. The molecule has 112 valence electrons. The van der Waals surface area contributed by atoms with Gasteiger partial charge in [-0.05, 0) is 42.4 Å². The Morgan fingerprint density at radius 3 is 2.52 bits per heavy atom. The summed E-state index contributed by atoms with van der Waals surface area (Å²) in [5, 5.41) is 13.2. The molecule has 0 aliphatic heterocycles. The van der Waals surface area contributed by atoms with Crippen LogP contribution in [0.4, 0.5) is 0 Å². The molecule has 2 aromatic carbocycles. The predicted molar refractivity (Wildman–Crippen MR) is 82.7 cm³/mol. The lowest BCUT2D eigenvalue weighted by Gasteiger charge is -2.14. The molecule has 0 saturated carbocycles. The van der Waals surface area contributed by atoms with E-state index in [0.29, 0.717) is 0 Å². The molecule has 0 heterocycles. The summed E-state index contributed by atoms with van der Waals surface area (Å²) >= 11 is 0. The van der Waals surface area contributed by atoms with Gasteiger partial charge in [0.05, 0.1) is 7.11 Å². The molecule has 0 amide bonds. The van der Waals surface area contributed by atoms with Crippen molar-refractivity contribution in [2.24, 2.45) is 0 Å². The van der Waals surface area contributed by atoms with Crippen molar-refractivity contribution >= 4 is 0 Å². The average molecular weight is 287 g/mol. The largest absolute Gasteiger partial charge is 0.497 e. The molecule has 1 atom stereocenters. The zero-order valence-electron chi connectivity index (χ0n) is 12.4. The second kappa shape index (κ2) is 7.67. The highest BCUT2D eigenvalue weighted by molar-refractivity contribution is 5.30. The molecule has 2 aromatic rings. The summed E-state index contributed by atoms with van der Waals surface area (Å²) in [6.07, 6.45) is -0.683. The Balaban J connectivity index is 1.92. The number of hydrogen-bond acceptors (Lipinski definition) is 4. The van der Waals surface area contributed by atoms with Gasteiger partial charge in [0.25, 0.3) is 0 Å². The third-order valence-corrected chi connectivity index (χ3v) is 3.19. The van der Waals surface area contributed by atoms with Crippen molar-refractivity contribution in [1.82, 2.24) is 5.32 Å². The molecule has 0 spiro atoms. The van der Waals surface area contributed by atoms with Crippen LogP contribution in [0.1, 0.15) is 17.2 Å². The van der Waals surface area contributed by atoms with E-state index in [1.807, 2.05) is 55.6 Å². The lowest BCUT2D eigenvalue weighted by Crippen LogP contribution is -2.10. The maximum atomic E-state index is 10.2. The summed E-state index contributed by atoms with van der Waals surface area (Å²) in [6.45, 7) is 1.03. The number of aliphatic hydroxyl groups excluding tert-OH is 1. The minimum Gasteiger partial charge on any atom is -0.497 e. The van der Waals surface area contributed by atoms with E-state index in [-0.39, 0.29) is 6.61 Å². The average Bonchev–Trinajstić information content (AvgIpc) is 2.54. The van der Waals surface area contributed by atoms with Crippen LogP contribution < -0.4 is 14.8 Å². The monoisotopic (exact) mass is 287 g/mol. The summed E-state index contributed by atoms with van der Waals surface area (Å²) in [6, 6.07) is 15.2. The van der Waals surface area contributed by atoms with Gasteiger partial charge in [0.1, 0.15) is 24.2 Å². The molecule has 0 aliphatic rings. The van der Waals surface area contributed by atoms with Crippen LogP contribution in [0.2, 0.25) is 0 Å². The van der Waals surface area contributed by atoms with Gasteiger partial charge in [0.15, 0.2) is 0 Å². The first-order chi connectivity index (χ1) is 10.2. The van der Waals surface area contributed by atoms with E-state index >= 15 is 0 Å². The number of methoxy groups -OCH3 is 1. The first-order valence-electron chi connectivity index (χ1n) is 6.91. The molecular formula is C17H21NO3. The summed E-state index contributed by atoms with van der Waals surface area (Å²) in [4.78, 5) is 0. The molecule has 2 rings (SSSR count). The molecule has 4 nitrogen and oxygen atoms in total. The van der Waals surface area contributed by atoms with Crippen LogP contribution in [0.15, 0.2) is 48.5 Å². The first kappa shape index (κ1) is 15.4. The molecule has 21 heavy (non-hydrogen) atoms. The molecule has 0 bridgehead atoms. The van der Waals surface area contributed by atoms with E-state index in [0.717, 1.165) is 23.6 Å². The second-order valence-electron chi connectivity index (χ2n) is 4.78. The van der Waals surface area contributed by atoms with Crippen LogP contribution in [0.3, 0.4) is 0 Å². The van der Waals surface area contributed by atoms with Gasteiger partial charge in [0, 0.05) is 6.54 Å². The molecule has 0 aromatic heterocycles. The number of ether oxygens (including phenoxy) is 2. The Morgan fingerprint density at radius 2 is 1.86 bits per heavy atom. The van der Waals surface area contributed by atoms with Crippen molar-refractivity contribution in [2.45, 2.75) is 12.6 Å². The highest BCUT2D eigenvalue weighted by Crippen LogP contribution is 2.20. The van der Waals surface area contributed by atoms with Crippen molar-refractivity contribution < 1.29 is 14.6 Å². The minimum absolute atomic E-state index is 0.207. The fourth-order valence-corrected chi connectivity index (χ4v) is 2.03. The van der Waals surface area contributed by atoms with E-state index in [1.165, 1.54) is 5.56 Å². The SMILES string of the molecule is CNCc1ccc(OCC(O)c2cccc(OC)c2)cc1. The summed E-state index contributed by atoms with van der Waals surface area (Å²) in [7, 11) is 3.52. The predicted octanol–water partition coefficient (Wildman–Crippen LogP) is 2.53.